The second kappa shape index (κ2) is 10.9. The number of carbonyl (C=O) groups excluding carboxylic acids is 3. The van der Waals surface area contributed by atoms with E-state index in [0.717, 1.165) is 5.56 Å². The van der Waals surface area contributed by atoms with Crippen molar-refractivity contribution in [3.63, 3.8) is 0 Å². The Hall–Kier alpha value is -1.52. The van der Waals surface area contributed by atoms with Gasteiger partial charge in [0, 0.05) is 32.9 Å². The van der Waals surface area contributed by atoms with E-state index in [9.17, 15) is 14.4 Å². The van der Waals surface area contributed by atoms with Crippen molar-refractivity contribution in [2.24, 2.45) is 0 Å². The second-order valence-corrected chi connectivity index (χ2v) is 7.34. The molecule has 0 radical (unpaired) electrons. The van der Waals surface area contributed by atoms with Crippen LogP contribution in [0.2, 0.25) is 0 Å². The minimum atomic E-state index is -0.933. The number of carbonyl (C=O) groups is 3. The maximum atomic E-state index is 11.6. The van der Waals surface area contributed by atoms with Crippen LogP contribution in [0.4, 0.5) is 0 Å². The fourth-order valence-corrected chi connectivity index (χ4v) is 3.60. The second-order valence-electron chi connectivity index (χ2n) is 6.28. The van der Waals surface area contributed by atoms with Gasteiger partial charge in [0.05, 0.1) is 0 Å². The molecule has 5 atom stereocenters. The number of ether oxygens (including phenoxy) is 4. The SMILES string of the molecule is CC(=O)OC[C@H]1O[C@H]([n+]2ccc(C)cc2)[C@H](Br)[C@@H](OC(C)=O)[C@@H]1OC(C)=O.[Br-]. The lowest BCUT2D eigenvalue weighted by Crippen LogP contribution is -3.00. The monoisotopic (exact) mass is 523 g/mol. The topological polar surface area (TPSA) is 92.0 Å². The summed E-state index contributed by atoms with van der Waals surface area (Å²) in [4.78, 5) is 33.9. The van der Waals surface area contributed by atoms with E-state index < -0.39 is 47.3 Å². The third-order valence-corrected chi connectivity index (χ3v) is 4.93. The lowest BCUT2D eigenvalue weighted by Gasteiger charge is -2.40. The van der Waals surface area contributed by atoms with Gasteiger partial charge in [-0.1, -0.05) is 15.9 Å². The van der Waals surface area contributed by atoms with Crippen LogP contribution in [0.3, 0.4) is 0 Å². The van der Waals surface area contributed by atoms with Crippen molar-refractivity contribution in [3.8, 4) is 0 Å². The van der Waals surface area contributed by atoms with E-state index in [2.05, 4.69) is 15.9 Å². The molecule has 1 aromatic heterocycles. The molecule has 1 fully saturated rings. The van der Waals surface area contributed by atoms with Crippen LogP contribution in [-0.4, -0.2) is 47.7 Å². The highest BCUT2D eigenvalue weighted by atomic mass is 79.9. The molecule has 1 saturated heterocycles. The Kier molecular flexibility index (Phi) is 9.52. The normalized spacial score (nSPS) is 26.5. The van der Waals surface area contributed by atoms with Gasteiger partial charge in [0.2, 0.25) is 0 Å². The molecule has 0 saturated carbocycles. The van der Waals surface area contributed by atoms with Gasteiger partial charge in [0.15, 0.2) is 24.6 Å². The summed E-state index contributed by atoms with van der Waals surface area (Å²) in [7, 11) is 0. The smallest absolute Gasteiger partial charge is 0.303 e. The summed E-state index contributed by atoms with van der Waals surface area (Å²) in [5, 5.41) is 0. The van der Waals surface area contributed by atoms with E-state index in [1.807, 2.05) is 31.5 Å². The van der Waals surface area contributed by atoms with Crippen molar-refractivity contribution < 1.29 is 54.9 Å². The molecule has 0 aromatic carbocycles. The first-order valence-electron chi connectivity index (χ1n) is 8.43. The summed E-state index contributed by atoms with van der Waals surface area (Å²) in [5.41, 5.74) is 1.07. The molecule has 2 heterocycles. The minimum absolute atomic E-state index is 0. The molecule has 8 nitrogen and oxygen atoms in total. The largest absolute Gasteiger partial charge is 1.00 e. The Balaban J connectivity index is 0.00000392. The third-order valence-electron chi connectivity index (χ3n) is 3.96. The van der Waals surface area contributed by atoms with Gasteiger partial charge in [0.1, 0.15) is 17.5 Å². The fraction of sp³-hybridized carbons (Fsp3) is 0.556. The zero-order valence-electron chi connectivity index (χ0n) is 16.0. The van der Waals surface area contributed by atoms with Crippen molar-refractivity contribution in [3.05, 3.63) is 30.1 Å². The molecule has 1 aromatic rings. The number of hydrogen-bond donors (Lipinski definition) is 0. The number of aromatic nitrogens is 1. The number of rotatable bonds is 5. The van der Waals surface area contributed by atoms with Gasteiger partial charge >= 0.3 is 17.9 Å². The van der Waals surface area contributed by atoms with Crippen LogP contribution >= 0.6 is 15.9 Å². The van der Waals surface area contributed by atoms with Crippen LogP contribution in [0.1, 0.15) is 32.6 Å². The zero-order chi connectivity index (χ0) is 20.1. The maximum absolute atomic E-state index is 11.6. The highest BCUT2D eigenvalue weighted by Gasteiger charge is 2.53. The fourth-order valence-electron chi connectivity index (χ4n) is 2.80. The molecule has 156 valence electrons. The highest BCUT2D eigenvalue weighted by molar-refractivity contribution is 9.09. The van der Waals surface area contributed by atoms with E-state index in [1.165, 1.54) is 20.8 Å². The molecular formula is C18H23Br2NO7. The molecule has 1 aliphatic heterocycles. The van der Waals surface area contributed by atoms with E-state index in [0.29, 0.717) is 0 Å². The van der Waals surface area contributed by atoms with Crippen LogP contribution in [0.25, 0.3) is 0 Å². The van der Waals surface area contributed by atoms with Gasteiger partial charge in [-0.25, -0.2) is 0 Å². The highest BCUT2D eigenvalue weighted by Crippen LogP contribution is 2.34. The Morgan fingerprint density at radius 3 is 2.07 bits per heavy atom. The number of nitrogens with zero attached hydrogens (tertiary/aromatic N) is 1. The Morgan fingerprint density at radius 1 is 1.04 bits per heavy atom. The number of esters is 3. The Bertz CT molecular complexity index is 698. The van der Waals surface area contributed by atoms with Crippen LogP contribution in [0.5, 0.6) is 0 Å². The Morgan fingerprint density at radius 2 is 1.57 bits per heavy atom. The van der Waals surface area contributed by atoms with E-state index in [4.69, 9.17) is 18.9 Å². The summed E-state index contributed by atoms with van der Waals surface area (Å²) in [6.07, 6.45) is 0.497. The standard InChI is InChI=1S/C18H23BrNO7.BrH/c1-10-5-7-20(8-6-10)18-15(19)17(26-13(4)23)16(25-12(3)22)14(27-18)9-24-11(2)21;/h5-8,14-18H,9H2,1-4H3;1H/q+1;/p-1/t14-,15-,16-,17-,18+;/m1./s1. The first-order chi connectivity index (χ1) is 12.7. The van der Waals surface area contributed by atoms with Gasteiger partial charge in [-0.15, -0.1) is 0 Å². The van der Waals surface area contributed by atoms with Gasteiger partial charge in [-0.3, -0.25) is 14.4 Å². The third kappa shape index (κ3) is 6.52. The predicted molar refractivity (Wildman–Crippen MR) is 95.7 cm³/mol. The molecule has 0 amide bonds. The molecule has 0 aliphatic carbocycles. The van der Waals surface area contributed by atoms with Crippen molar-refractivity contribution in [1.82, 2.24) is 0 Å². The summed E-state index contributed by atoms with van der Waals surface area (Å²) in [6, 6.07) is 3.81. The van der Waals surface area contributed by atoms with Gasteiger partial charge in [-0.2, -0.15) is 4.57 Å². The van der Waals surface area contributed by atoms with E-state index in [-0.39, 0.29) is 23.6 Å². The minimum Gasteiger partial charge on any atom is -1.00 e. The number of alkyl halides is 1. The number of hydrogen-bond acceptors (Lipinski definition) is 7. The van der Waals surface area contributed by atoms with Crippen molar-refractivity contribution in [1.29, 1.82) is 0 Å². The lowest BCUT2D eigenvalue weighted by atomic mass is 10.00. The number of aryl methyl sites for hydroxylation is 1. The molecule has 0 N–H and O–H groups in total. The van der Waals surface area contributed by atoms with Crippen molar-refractivity contribution in [2.75, 3.05) is 6.61 Å². The molecule has 0 unspecified atom stereocenters. The molecule has 10 heteroatoms. The molecule has 1 aliphatic rings. The van der Waals surface area contributed by atoms with Crippen molar-refractivity contribution in [2.45, 2.75) is 57.1 Å². The maximum Gasteiger partial charge on any atom is 0.303 e. The molecule has 28 heavy (non-hydrogen) atoms. The van der Waals surface area contributed by atoms with Gasteiger partial charge in [-0.05, 0) is 12.5 Å². The van der Waals surface area contributed by atoms with E-state index >= 15 is 0 Å². The molecule has 2 rings (SSSR count). The lowest BCUT2D eigenvalue weighted by molar-refractivity contribution is -0.768. The predicted octanol–water partition coefficient (Wildman–Crippen LogP) is -1.63. The van der Waals surface area contributed by atoms with E-state index in [1.54, 1.807) is 4.57 Å². The molecule has 0 bridgehead atoms. The average molecular weight is 525 g/mol. The quantitative estimate of drug-likeness (QED) is 0.198. The molecular weight excluding hydrogens is 502 g/mol. The Labute approximate surface area is 182 Å². The average Bonchev–Trinajstić information content (AvgIpc) is 2.57. The van der Waals surface area contributed by atoms with Gasteiger partial charge in [0.25, 0.3) is 6.23 Å². The van der Waals surface area contributed by atoms with Crippen LogP contribution < -0.4 is 21.5 Å². The van der Waals surface area contributed by atoms with Crippen LogP contribution in [0.15, 0.2) is 24.5 Å². The number of pyridine rings is 1. The van der Waals surface area contributed by atoms with Crippen LogP contribution in [0, 0.1) is 6.92 Å². The van der Waals surface area contributed by atoms with Gasteiger partial charge < -0.3 is 35.9 Å². The first-order valence-corrected chi connectivity index (χ1v) is 9.35. The van der Waals surface area contributed by atoms with Crippen LogP contribution in [-0.2, 0) is 33.3 Å². The zero-order valence-corrected chi connectivity index (χ0v) is 19.1. The first kappa shape index (κ1) is 24.5. The summed E-state index contributed by atoms with van der Waals surface area (Å²) in [5.74, 6) is -1.58. The molecule has 0 spiro atoms. The number of halogens is 2. The summed E-state index contributed by atoms with van der Waals surface area (Å²) >= 11 is 3.52. The van der Waals surface area contributed by atoms with Crippen molar-refractivity contribution >= 4 is 33.8 Å². The summed E-state index contributed by atoms with van der Waals surface area (Å²) < 4.78 is 23.7. The summed E-state index contributed by atoms with van der Waals surface area (Å²) in [6.45, 7) is 5.60.